The number of hydrogen-bond donors (Lipinski definition) is 1. The summed E-state index contributed by atoms with van der Waals surface area (Å²) >= 11 is 0. The molecule has 0 saturated carbocycles. The fourth-order valence-electron chi connectivity index (χ4n) is 1.26. The number of hydrogen-bond acceptors (Lipinski definition) is 1. The van der Waals surface area contributed by atoms with E-state index in [1.807, 2.05) is 5.10 Å². The van der Waals surface area contributed by atoms with Crippen molar-refractivity contribution in [1.82, 2.24) is 10.2 Å². The molecule has 6 heteroatoms. The second kappa shape index (κ2) is 3.45. The van der Waals surface area contributed by atoms with E-state index >= 15 is 0 Å². The first-order valence-electron chi connectivity index (χ1n) is 4.38. The van der Waals surface area contributed by atoms with Crippen molar-refractivity contribution in [2.45, 2.75) is 0 Å². The van der Waals surface area contributed by atoms with Crippen LogP contribution in [0.15, 0.2) is 36.4 Å². The van der Waals surface area contributed by atoms with Gasteiger partial charge >= 0.3 is 6.98 Å². The minimum atomic E-state index is -5.00. The molecular formula is C9H7BF3N2-. The van der Waals surface area contributed by atoms with E-state index in [4.69, 9.17) is 0 Å². The van der Waals surface area contributed by atoms with Crippen molar-refractivity contribution in [3.63, 3.8) is 0 Å². The molecule has 2 rings (SSSR count). The standard InChI is InChI=1S/C9H7BF3N2/c11-10(12,13)9-6-8(14-15-9)7-4-2-1-3-5-7/h1-6H,(H,14,15)/q-1. The molecule has 0 bridgehead atoms. The average Bonchev–Trinajstić information content (AvgIpc) is 2.67. The molecule has 1 N–H and O–H groups in total. The van der Waals surface area contributed by atoms with Crippen molar-refractivity contribution in [1.29, 1.82) is 0 Å². The van der Waals surface area contributed by atoms with E-state index in [1.165, 1.54) is 0 Å². The number of nitrogens with zero attached hydrogens (tertiary/aromatic N) is 1. The quantitative estimate of drug-likeness (QED) is 0.757. The topological polar surface area (TPSA) is 28.7 Å². The van der Waals surface area contributed by atoms with Gasteiger partial charge in [-0.25, -0.2) is 0 Å². The monoisotopic (exact) mass is 211 g/mol. The summed E-state index contributed by atoms with van der Waals surface area (Å²) in [6.07, 6.45) is 0. The third-order valence-electron chi connectivity index (χ3n) is 2.02. The Balaban J connectivity index is 2.37. The molecule has 2 aromatic rings. The van der Waals surface area contributed by atoms with Gasteiger partial charge in [0, 0.05) is 5.56 Å². The molecule has 0 amide bonds. The van der Waals surface area contributed by atoms with Crippen molar-refractivity contribution >= 4 is 12.6 Å². The largest absolute Gasteiger partial charge is 0.527 e. The highest BCUT2D eigenvalue weighted by Gasteiger charge is 2.28. The van der Waals surface area contributed by atoms with Crippen LogP contribution in [0.1, 0.15) is 0 Å². The second-order valence-corrected chi connectivity index (χ2v) is 3.15. The normalized spacial score (nSPS) is 11.7. The van der Waals surface area contributed by atoms with Crippen molar-refractivity contribution in [2.75, 3.05) is 0 Å². The molecule has 0 spiro atoms. The molecule has 0 aliphatic heterocycles. The van der Waals surface area contributed by atoms with Gasteiger partial charge in [0.2, 0.25) is 0 Å². The van der Waals surface area contributed by atoms with Crippen LogP contribution in [0.4, 0.5) is 12.9 Å². The summed E-state index contributed by atoms with van der Waals surface area (Å²) in [7, 11) is 0. The van der Waals surface area contributed by atoms with Gasteiger partial charge in [-0.15, -0.1) is 0 Å². The molecule has 1 heterocycles. The van der Waals surface area contributed by atoms with Gasteiger partial charge in [-0.3, -0.25) is 0 Å². The van der Waals surface area contributed by atoms with Gasteiger partial charge in [0.25, 0.3) is 0 Å². The summed E-state index contributed by atoms with van der Waals surface area (Å²) in [4.78, 5) is 0. The molecule has 15 heavy (non-hydrogen) atoms. The molecular weight excluding hydrogens is 204 g/mol. The Hall–Kier alpha value is -1.72. The van der Waals surface area contributed by atoms with Gasteiger partial charge in [0.15, 0.2) is 0 Å². The Morgan fingerprint density at radius 2 is 1.73 bits per heavy atom. The van der Waals surface area contributed by atoms with Crippen LogP contribution in [0.3, 0.4) is 0 Å². The van der Waals surface area contributed by atoms with Crippen LogP contribution in [0.25, 0.3) is 11.3 Å². The van der Waals surface area contributed by atoms with Gasteiger partial charge in [0.05, 0.1) is 5.69 Å². The molecule has 1 aromatic heterocycles. The van der Waals surface area contributed by atoms with Gasteiger partial charge in [-0.1, -0.05) is 30.3 Å². The maximum atomic E-state index is 12.3. The van der Waals surface area contributed by atoms with Gasteiger partial charge in [0.1, 0.15) is 0 Å². The van der Waals surface area contributed by atoms with Crippen molar-refractivity contribution < 1.29 is 12.9 Å². The van der Waals surface area contributed by atoms with Crippen LogP contribution in [0.2, 0.25) is 0 Å². The van der Waals surface area contributed by atoms with Gasteiger partial charge < -0.3 is 18.0 Å². The number of H-pyrrole nitrogens is 1. The van der Waals surface area contributed by atoms with E-state index in [2.05, 4.69) is 5.10 Å². The zero-order valence-corrected chi connectivity index (χ0v) is 7.62. The Bertz CT molecular complexity index is 450. The van der Waals surface area contributed by atoms with E-state index in [1.54, 1.807) is 30.3 Å². The van der Waals surface area contributed by atoms with Crippen molar-refractivity contribution in [3.8, 4) is 11.3 Å². The Labute approximate surface area is 84.2 Å². The average molecular weight is 211 g/mol. The Morgan fingerprint density at radius 3 is 2.27 bits per heavy atom. The maximum Gasteiger partial charge on any atom is 0.527 e. The molecule has 0 aliphatic rings. The lowest BCUT2D eigenvalue weighted by atomic mass is 9.86. The SMILES string of the molecule is F[B-](F)(F)c1cc(-c2ccccc2)n[nH]1. The lowest BCUT2D eigenvalue weighted by molar-refractivity contribution is 0.498. The number of benzene rings is 1. The Kier molecular flexibility index (Phi) is 2.26. The predicted molar refractivity (Wildman–Crippen MR) is 52.7 cm³/mol. The van der Waals surface area contributed by atoms with E-state index in [0.29, 0.717) is 11.3 Å². The minimum absolute atomic E-state index is 0.310. The first-order valence-corrected chi connectivity index (χ1v) is 4.38. The third-order valence-corrected chi connectivity index (χ3v) is 2.02. The Morgan fingerprint density at radius 1 is 1.07 bits per heavy atom. The summed E-state index contributed by atoms with van der Waals surface area (Å²) < 4.78 is 36.9. The van der Waals surface area contributed by atoms with Crippen LogP contribution < -0.4 is 5.59 Å². The highest BCUT2D eigenvalue weighted by molar-refractivity contribution is 6.72. The maximum absolute atomic E-state index is 12.3. The lowest BCUT2D eigenvalue weighted by Crippen LogP contribution is -2.35. The summed E-state index contributed by atoms with van der Waals surface area (Å²) in [5.74, 6) is 0. The highest BCUT2D eigenvalue weighted by Crippen LogP contribution is 2.16. The van der Waals surface area contributed by atoms with E-state index in [-0.39, 0.29) is 0 Å². The molecule has 0 saturated heterocycles. The number of aromatic amines is 1. The predicted octanol–water partition coefficient (Wildman–Crippen LogP) is 2.13. The molecule has 0 aliphatic carbocycles. The smallest absolute Gasteiger partial charge is 0.444 e. The number of rotatable bonds is 2. The van der Waals surface area contributed by atoms with Crippen LogP contribution in [-0.2, 0) is 0 Å². The molecule has 2 nitrogen and oxygen atoms in total. The summed E-state index contributed by atoms with van der Waals surface area (Å²) in [5, 5.41) is 5.62. The van der Waals surface area contributed by atoms with Crippen LogP contribution in [0, 0.1) is 0 Å². The van der Waals surface area contributed by atoms with Crippen LogP contribution in [-0.4, -0.2) is 17.2 Å². The molecule has 0 radical (unpaired) electrons. The van der Waals surface area contributed by atoms with Crippen LogP contribution >= 0.6 is 0 Å². The van der Waals surface area contributed by atoms with E-state index in [9.17, 15) is 12.9 Å². The van der Waals surface area contributed by atoms with Gasteiger partial charge in [-0.05, 0) is 11.7 Å². The highest BCUT2D eigenvalue weighted by atomic mass is 19.4. The minimum Gasteiger partial charge on any atom is -0.444 e. The zero-order valence-electron chi connectivity index (χ0n) is 7.62. The van der Waals surface area contributed by atoms with Crippen molar-refractivity contribution in [2.24, 2.45) is 0 Å². The number of aromatic nitrogens is 2. The summed E-state index contributed by atoms with van der Waals surface area (Å²) in [6, 6.07) is 9.75. The molecule has 0 unspecified atom stereocenters. The fourth-order valence-corrected chi connectivity index (χ4v) is 1.26. The number of halogens is 3. The van der Waals surface area contributed by atoms with Crippen LogP contribution in [0.5, 0.6) is 0 Å². The molecule has 1 aromatic carbocycles. The second-order valence-electron chi connectivity index (χ2n) is 3.15. The molecule has 0 atom stereocenters. The molecule has 78 valence electrons. The van der Waals surface area contributed by atoms with Crippen molar-refractivity contribution in [3.05, 3.63) is 36.4 Å². The molecule has 0 fully saturated rings. The van der Waals surface area contributed by atoms with Gasteiger partial charge in [-0.2, -0.15) is 5.10 Å². The fraction of sp³-hybridized carbons (Fsp3) is 0. The first kappa shape index (κ1) is 9.83. The lowest BCUT2D eigenvalue weighted by Gasteiger charge is -2.09. The summed E-state index contributed by atoms with van der Waals surface area (Å²) in [5.41, 5.74) is 0.207. The number of nitrogens with one attached hydrogen (secondary N) is 1. The first-order chi connectivity index (χ1) is 7.07. The zero-order chi connectivity index (χ0) is 10.9. The third kappa shape index (κ3) is 2.03. The summed E-state index contributed by atoms with van der Waals surface area (Å²) in [6.45, 7) is -5.00. The van der Waals surface area contributed by atoms with E-state index < -0.39 is 12.6 Å². The van der Waals surface area contributed by atoms with E-state index in [0.717, 1.165) is 6.07 Å².